The van der Waals surface area contributed by atoms with Crippen molar-refractivity contribution < 1.29 is 32.2 Å². The number of likely N-dealkylation sites (N-methyl/N-ethyl adjacent to an activating group) is 1. The maximum atomic E-state index is 13.4. The third-order valence-electron chi connectivity index (χ3n) is 9.57. The van der Waals surface area contributed by atoms with Gasteiger partial charge in [-0.3, -0.25) is 14.5 Å². The summed E-state index contributed by atoms with van der Waals surface area (Å²) in [6.45, 7) is 6.84. The van der Waals surface area contributed by atoms with Crippen molar-refractivity contribution in [2.45, 2.75) is 68.0 Å². The Bertz CT molecular complexity index is 1440. The summed E-state index contributed by atoms with van der Waals surface area (Å²) in [5.74, 6) is 0.0974. The number of likely N-dealkylation sites (tertiary alicyclic amines) is 1. The number of esters is 1. The van der Waals surface area contributed by atoms with Crippen LogP contribution >= 0.6 is 0 Å². The van der Waals surface area contributed by atoms with Gasteiger partial charge < -0.3 is 14.4 Å². The first kappa shape index (κ1) is 27.6. The molecule has 1 saturated heterocycles. The third-order valence-corrected chi connectivity index (χ3v) is 9.57. The Labute approximate surface area is 237 Å². The van der Waals surface area contributed by atoms with E-state index in [0.717, 1.165) is 36.4 Å². The van der Waals surface area contributed by atoms with E-state index < -0.39 is 28.9 Å². The molecule has 2 heterocycles. The summed E-state index contributed by atoms with van der Waals surface area (Å²) in [6.07, 6.45) is 2.20. The zero-order valence-corrected chi connectivity index (χ0v) is 23.1. The normalized spacial score (nSPS) is 29.9. The molecule has 4 aliphatic rings. The van der Waals surface area contributed by atoms with E-state index in [9.17, 15) is 22.8 Å². The molecule has 1 spiro atoms. The number of amides is 1. The second-order valence-electron chi connectivity index (χ2n) is 11.5. The number of hydrogen-bond donors (Lipinski definition) is 0. The molecule has 2 bridgehead atoms. The molecule has 2 aliphatic heterocycles. The second-order valence-corrected chi connectivity index (χ2v) is 11.5. The van der Waals surface area contributed by atoms with E-state index in [1.54, 1.807) is 11.9 Å². The summed E-state index contributed by atoms with van der Waals surface area (Å²) >= 11 is 0. The molecular weight excluding hydrogens is 533 g/mol. The van der Waals surface area contributed by atoms with Crippen molar-refractivity contribution in [3.63, 3.8) is 0 Å². The molecule has 2 fully saturated rings. The largest absolute Gasteiger partial charge is 0.487 e. The maximum absolute atomic E-state index is 13.4. The van der Waals surface area contributed by atoms with E-state index in [4.69, 9.17) is 9.47 Å². The maximum Gasteiger partial charge on any atom is 0.416 e. The summed E-state index contributed by atoms with van der Waals surface area (Å²) in [6, 6.07) is 10.5. The number of ether oxygens (including phenoxy) is 2. The molecule has 1 saturated carbocycles. The van der Waals surface area contributed by atoms with Crippen LogP contribution in [0.1, 0.15) is 48.4 Å². The number of benzene rings is 2. The van der Waals surface area contributed by atoms with Crippen LogP contribution in [0.4, 0.5) is 13.2 Å². The fourth-order valence-corrected chi connectivity index (χ4v) is 8.06. The van der Waals surface area contributed by atoms with Crippen molar-refractivity contribution >= 4 is 18.0 Å². The lowest BCUT2D eigenvalue weighted by molar-refractivity contribution is -0.222. The van der Waals surface area contributed by atoms with Crippen LogP contribution in [0.15, 0.2) is 61.2 Å². The Kier molecular flexibility index (Phi) is 6.56. The molecule has 2 aliphatic carbocycles. The van der Waals surface area contributed by atoms with Gasteiger partial charge in [0.1, 0.15) is 17.5 Å². The Morgan fingerprint density at radius 1 is 1.22 bits per heavy atom. The van der Waals surface area contributed by atoms with Gasteiger partial charge >= 0.3 is 12.1 Å². The molecule has 6 nitrogen and oxygen atoms in total. The minimum Gasteiger partial charge on any atom is -0.487 e. The number of carbonyl (C=O) groups is 2. The number of hydrogen-bond acceptors (Lipinski definition) is 5. The quantitative estimate of drug-likeness (QED) is 0.275. The van der Waals surface area contributed by atoms with Crippen LogP contribution in [0.25, 0.3) is 6.08 Å². The van der Waals surface area contributed by atoms with Gasteiger partial charge in [-0.1, -0.05) is 30.3 Å². The van der Waals surface area contributed by atoms with E-state index in [1.165, 1.54) is 36.8 Å². The van der Waals surface area contributed by atoms with E-state index in [-0.39, 0.29) is 29.5 Å². The molecule has 5 atom stereocenters. The van der Waals surface area contributed by atoms with Crippen molar-refractivity contribution in [3.8, 4) is 5.75 Å². The van der Waals surface area contributed by atoms with Crippen LogP contribution in [0, 0.1) is 0 Å². The monoisotopic (exact) mass is 566 g/mol. The van der Waals surface area contributed by atoms with Gasteiger partial charge in [0.15, 0.2) is 0 Å². The van der Waals surface area contributed by atoms with Gasteiger partial charge in [-0.15, -0.1) is 6.58 Å². The van der Waals surface area contributed by atoms with Crippen LogP contribution in [-0.2, 0) is 32.3 Å². The van der Waals surface area contributed by atoms with Gasteiger partial charge in [-0.25, -0.2) is 0 Å². The minimum absolute atomic E-state index is 0.0622. The van der Waals surface area contributed by atoms with Gasteiger partial charge in [-0.05, 0) is 61.1 Å². The molecule has 1 amide bonds. The van der Waals surface area contributed by atoms with Crippen LogP contribution in [-0.4, -0.2) is 65.6 Å². The van der Waals surface area contributed by atoms with Crippen molar-refractivity contribution in [1.82, 2.24) is 9.80 Å². The van der Waals surface area contributed by atoms with Gasteiger partial charge in [-0.2, -0.15) is 13.2 Å². The lowest BCUT2D eigenvalue weighted by Crippen LogP contribution is -2.79. The molecule has 2 aromatic rings. The molecule has 41 heavy (non-hydrogen) atoms. The fraction of sp³-hybridized carbons (Fsp3) is 0.438. The van der Waals surface area contributed by atoms with Gasteiger partial charge in [0.05, 0.1) is 23.1 Å². The predicted octanol–water partition coefficient (Wildman–Crippen LogP) is 5.16. The second kappa shape index (κ2) is 9.76. The average Bonchev–Trinajstić information content (AvgIpc) is 3.27. The average molecular weight is 567 g/mol. The zero-order chi connectivity index (χ0) is 29.2. The predicted molar refractivity (Wildman–Crippen MR) is 147 cm³/mol. The third kappa shape index (κ3) is 4.11. The van der Waals surface area contributed by atoms with Crippen molar-refractivity contribution in [3.05, 3.63) is 83.4 Å². The van der Waals surface area contributed by atoms with Crippen molar-refractivity contribution in [1.29, 1.82) is 0 Å². The Hall–Kier alpha value is -3.59. The summed E-state index contributed by atoms with van der Waals surface area (Å²) in [7, 11) is 1.71. The van der Waals surface area contributed by atoms with E-state index in [1.807, 2.05) is 18.2 Å². The zero-order valence-electron chi connectivity index (χ0n) is 23.1. The number of piperidine rings is 1. The molecule has 9 heteroatoms. The molecule has 0 aromatic heterocycles. The summed E-state index contributed by atoms with van der Waals surface area (Å²) in [4.78, 5) is 30.1. The first-order valence-electron chi connectivity index (χ1n) is 14.0. The van der Waals surface area contributed by atoms with E-state index in [2.05, 4.69) is 17.5 Å². The van der Waals surface area contributed by atoms with Gasteiger partial charge in [0.25, 0.3) is 0 Å². The first-order valence-corrected chi connectivity index (χ1v) is 14.0. The van der Waals surface area contributed by atoms with Gasteiger partial charge in [0.2, 0.25) is 5.91 Å². The lowest BCUT2D eigenvalue weighted by atomic mass is 9.48. The standard InChI is InChI=1S/C32H33F3N2O4/c1-4-16-37-17-15-30-28-22-8-6-10-25(28)40-29(30)24(13-14-31(30,26(37)19-22)41-20(2)38)36(3)27(39)12-11-21-7-5-9-23(18-21)32(33,34)35/h4-12,18,24,26,29H,1,13-17,19H2,2-3H3/b12-11+/t24?,26-,29?,30+,31-/m1/s1. The number of nitrogens with zero attached hydrogens (tertiary/aromatic N) is 2. The number of halogens is 3. The molecule has 2 unspecified atom stereocenters. The van der Waals surface area contributed by atoms with Crippen LogP contribution in [0.3, 0.4) is 0 Å². The van der Waals surface area contributed by atoms with E-state index in [0.29, 0.717) is 25.8 Å². The molecule has 6 rings (SSSR count). The summed E-state index contributed by atoms with van der Waals surface area (Å²) in [5.41, 5.74) is 0.329. The molecule has 216 valence electrons. The van der Waals surface area contributed by atoms with E-state index >= 15 is 0 Å². The highest BCUT2D eigenvalue weighted by Crippen LogP contribution is 2.65. The van der Waals surface area contributed by atoms with Crippen LogP contribution < -0.4 is 4.74 Å². The number of carbonyl (C=O) groups excluding carboxylic acids is 2. The molecule has 0 radical (unpaired) electrons. The van der Waals surface area contributed by atoms with Crippen LogP contribution in [0.2, 0.25) is 0 Å². The Morgan fingerprint density at radius 2 is 2.00 bits per heavy atom. The van der Waals surface area contributed by atoms with Gasteiger partial charge in [0, 0.05) is 38.7 Å². The lowest BCUT2D eigenvalue weighted by Gasteiger charge is -2.65. The summed E-state index contributed by atoms with van der Waals surface area (Å²) in [5, 5.41) is 0. The first-order chi connectivity index (χ1) is 19.5. The molecule has 2 aromatic carbocycles. The molecular formula is C32H33F3N2O4. The number of rotatable bonds is 6. The highest BCUT2D eigenvalue weighted by atomic mass is 19.4. The highest BCUT2D eigenvalue weighted by Gasteiger charge is 2.75. The SMILES string of the molecule is C=CCN1CC[C@]23c4c5cccc4OC2C(N(C)C(=O)/C=C/c2cccc(C(F)(F)F)c2)CC[C@@]3(OC(C)=O)[C@H]1C5. The summed E-state index contributed by atoms with van der Waals surface area (Å²) < 4.78 is 52.6. The number of alkyl halides is 3. The van der Waals surface area contributed by atoms with Crippen molar-refractivity contribution in [2.75, 3.05) is 20.1 Å². The topological polar surface area (TPSA) is 59.1 Å². The van der Waals surface area contributed by atoms with Crippen LogP contribution in [0.5, 0.6) is 5.75 Å². The highest BCUT2D eigenvalue weighted by molar-refractivity contribution is 5.92. The Balaban J connectivity index is 1.36. The minimum atomic E-state index is -4.47. The van der Waals surface area contributed by atoms with Crippen molar-refractivity contribution in [2.24, 2.45) is 0 Å². The fourth-order valence-electron chi connectivity index (χ4n) is 8.06. The smallest absolute Gasteiger partial charge is 0.416 e. The molecule has 0 N–H and O–H groups in total. The Morgan fingerprint density at radius 3 is 2.73 bits per heavy atom.